The Kier molecular flexibility index (Phi) is 5.15. The van der Waals surface area contributed by atoms with E-state index in [1.807, 2.05) is 6.07 Å². The number of aromatic amines is 1. The minimum absolute atomic E-state index is 0.498. The molecule has 0 spiro atoms. The summed E-state index contributed by atoms with van der Waals surface area (Å²) >= 11 is 0. The van der Waals surface area contributed by atoms with Crippen molar-refractivity contribution in [3.63, 3.8) is 0 Å². The third-order valence-corrected chi connectivity index (χ3v) is 3.93. The van der Waals surface area contributed by atoms with Crippen molar-refractivity contribution in [3.05, 3.63) is 53.5 Å². The van der Waals surface area contributed by atoms with Crippen molar-refractivity contribution in [1.29, 1.82) is 0 Å². The molecule has 0 atom stereocenters. The van der Waals surface area contributed by atoms with E-state index in [0.29, 0.717) is 6.54 Å². The van der Waals surface area contributed by atoms with Gasteiger partial charge in [0.2, 0.25) is 0 Å². The Bertz CT molecular complexity index is 804. The zero-order valence-corrected chi connectivity index (χ0v) is 14.1. The standard InChI is InChI=1S/C18H23N5O/c1-3-19-18(21-12-14-9-11-24-23-14)20-10-8-15-13(2)22-17-7-5-4-6-16(15)17/h4-7,9,11,22H,3,8,10,12H2,1-2H3,(H2,19,20,21). The summed E-state index contributed by atoms with van der Waals surface area (Å²) in [6, 6.07) is 10.2. The molecule has 0 unspecified atom stereocenters. The van der Waals surface area contributed by atoms with E-state index in [9.17, 15) is 0 Å². The van der Waals surface area contributed by atoms with Crippen LogP contribution in [0.25, 0.3) is 10.9 Å². The van der Waals surface area contributed by atoms with Gasteiger partial charge in [0.15, 0.2) is 5.96 Å². The van der Waals surface area contributed by atoms with Gasteiger partial charge in [-0.15, -0.1) is 0 Å². The summed E-state index contributed by atoms with van der Waals surface area (Å²) in [5.41, 5.74) is 4.59. The van der Waals surface area contributed by atoms with Crippen LogP contribution in [0.1, 0.15) is 23.9 Å². The quantitative estimate of drug-likeness (QED) is 0.481. The molecule has 126 valence electrons. The number of fused-ring (bicyclic) bond motifs is 1. The van der Waals surface area contributed by atoms with E-state index in [4.69, 9.17) is 4.52 Å². The van der Waals surface area contributed by atoms with Gasteiger partial charge in [-0.3, -0.25) is 0 Å². The number of benzene rings is 1. The molecule has 0 radical (unpaired) electrons. The summed E-state index contributed by atoms with van der Waals surface area (Å²) in [7, 11) is 0. The van der Waals surface area contributed by atoms with Crippen LogP contribution >= 0.6 is 0 Å². The average molecular weight is 325 g/mol. The predicted octanol–water partition coefficient (Wildman–Crippen LogP) is 2.76. The number of hydrogen-bond acceptors (Lipinski definition) is 3. The Labute approximate surface area is 141 Å². The summed E-state index contributed by atoms with van der Waals surface area (Å²) in [4.78, 5) is 7.97. The van der Waals surface area contributed by atoms with Gasteiger partial charge in [0.05, 0.1) is 6.54 Å². The van der Waals surface area contributed by atoms with Crippen molar-refractivity contribution in [2.45, 2.75) is 26.8 Å². The highest BCUT2D eigenvalue weighted by atomic mass is 16.5. The first-order chi connectivity index (χ1) is 11.8. The Morgan fingerprint density at radius 2 is 2.12 bits per heavy atom. The van der Waals surface area contributed by atoms with E-state index in [1.54, 1.807) is 6.26 Å². The van der Waals surface area contributed by atoms with Gasteiger partial charge in [0.1, 0.15) is 12.0 Å². The first kappa shape index (κ1) is 16.1. The van der Waals surface area contributed by atoms with Crippen LogP contribution in [-0.4, -0.2) is 29.2 Å². The van der Waals surface area contributed by atoms with E-state index in [1.165, 1.54) is 22.2 Å². The predicted molar refractivity (Wildman–Crippen MR) is 96.1 cm³/mol. The van der Waals surface area contributed by atoms with Gasteiger partial charge >= 0.3 is 0 Å². The maximum absolute atomic E-state index is 4.83. The van der Waals surface area contributed by atoms with Crippen LogP contribution in [-0.2, 0) is 13.0 Å². The first-order valence-corrected chi connectivity index (χ1v) is 8.25. The molecule has 0 amide bonds. The number of nitrogens with one attached hydrogen (secondary N) is 3. The zero-order valence-electron chi connectivity index (χ0n) is 14.1. The molecular weight excluding hydrogens is 302 g/mol. The number of H-pyrrole nitrogens is 1. The highest BCUT2D eigenvalue weighted by molar-refractivity contribution is 5.84. The minimum Gasteiger partial charge on any atom is -0.364 e. The smallest absolute Gasteiger partial charge is 0.191 e. The Hall–Kier alpha value is -2.76. The number of aliphatic imine (C=N–C) groups is 1. The molecule has 0 aliphatic heterocycles. The third-order valence-electron chi connectivity index (χ3n) is 3.93. The van der Waals surface area contributed by atoms with Gasteiger partial charge in [-0.05, 0) is 31.9 Å². The van der Waals surface area contributed by atoms with Gasteiger partial charge in [-0.25, -0.2) is 4.99 Å². The first-order valence-electron chi connectivity index (χ1n) is 8.25. The average Bonchev–Trinajstić information content (AvgIpc) is 3.20. The normalized spacial score (nSPS) is 11.8. The molecule has 3 rings (SSSR count). The van der Waals surface area contributed by atoms with Crippen LogP contribution in [0.4, 0.5) is 0 Å². The molecule has 0 saturated carbocycles. The zero-order chi connectivity index (χ0) is 16.8. The molecule has 6 nitrogen and oxygen atoms in total. The lowest BCUT2D eigenvalue weighted by Gasteiger charge is -2.11. The molecule has 3 N–H and O–H groups in total. The second-order valence-corrected chi connectivity index (χ2v) is 5.64. The Morgan fingerprint density at radius 1 is 1.25 bits per heavy atom. The summed E-state index contributed by atoms with van der Waals surface area (Å²) in [5.74, 6) is 0.790. The number of aromatic nitrogens is 2. The van der Waals surface area contributed by atoms with E-state index >= 15 is 0 Å². The van der Waals surface area contributed by atoms with Crippen molar-refractivity contribution >= 4 is 16.9 Å². The fourth-order valence-electron chi connectivity index (χ4n) is 2.78. The number of para-hydroxylation sites is 1. The highest BCUT2D eigenvalue weighted by Crippen LogP contribution is 2.21. The second kappa shape index (κ2) is 7.68. The van der Waals surface area contributed by atoms with Crippen LogP contribution in [0.3, 0.4) is 0 Å². The molecular formula is C18H23N5O. The third kappa shape index (κ3) is 3.76. The molecule has 0 aliphatic carbocycles. The number of aryl methyl sites for hydroxylation is 1. The topological polar surface area (TPSA) is 78.2 Å². The Balaban J connectivity index is 1.62. The van der Waals surface area contributed by atoms with E-state index < -0.39 is 0 Å². The lowest BCUT2D eigenvalue weighted by molar-refractivity contribution is 0.412. The summed E-state index contributed by atoms with van der Waals surface area (Å²) in [5, 5.41) is 11.8. The van der Waals surface area contributed by atoms with Crippen LogP contribution in [0.2, 0.25) is 0 Å². The van der Waals surface area contributed by atoms with Gasteiger partial charge in [-0.1, -0.05) is 23.4 Å². The lowest BCUT2D eigenvalue weighted by atomic mass is 10.1. The molecule has 0 aliphatic rings. The largest absolute Gasteiger partial charge is 0.364 e. The van der Waals surface area contributed by atoms with Crippen molar-refractivity contribution in [3.8, 4) is 0 Å². The molecule has 24 heavy (non-hydrogen) atoms. The van der Waals surface area contributed by atoms with E-state index in [2.05, 4.69) is 63.9 Å². The molecule has 2 aromatic heterocycles. The van der Waals surface area contributed by atoms with Gasteiger partial charge in [-0.2, -0.15) is 0 Å². The molecule has 0 fully saturated rings. The molecule has 6 heteroatoms. The lowest BCUT2D eigenvalue weighted by Crippen LogP contribution is -2.38. The minimum atomic E-state index is 0.498. The molecule has 3 aromatic rings. The fraction of sp³-hybridized carbons (Fsp3) is 0.333. The van der Waals surface area contributed by atoms with Crippen LogP contribution < -0.4 is 10.6 Å². The van der Waals surface area contributed by atoms with Crippen molar-refractivity contribution in [2.75, 3.05) is 13.1 Å². The Morgan fingerprint density at radius 3 is 2.92 bits per heavy atom. The SMILES string of the molecule is CCNC(=NCc1ccon1)NCCc1c(C)[nH]c2ccccc12. The van der Waals surface area contributed by atoms with Crippen LogP contribution in [0, 0.1) is 6.92 Å². The van der Waals surface area contributed by atoms with Crippen LogP contribution in [0.5, 0.6) is 0 Å². The van der Waals surface area contributed by atoms with Gasteiger partial charge in [0.25, 0.3) is 0 Å². The van der Waals surface area contributed by atoms with E-state index in [-0.39, 0.29) is 0 Å². The fourth-order valence-corrected chi connectivity index (χ4v) is 2.78. The second-order valence-electron chi connectivity index (χ2n) is 5.64. The number of hydrogen-bond donors (Lipinski definition) is 3. The van der Waals surface area contributed by atoms with Crippen molar-refractivity contribution in [1.82, 2.24) is 20.8 Å². The monoisotopic (exact) mass is 325 g/mol. The molecule has 2 heterocycles. The number of nitrogens with zero attached hydrogens (tertiary/aromatic N) is 2. The number of guanidine groups is 1. The molecule has 1 aromatic carbocycles. The maximum Gasteiger partial charge on any atom is 0.191 e. The van der Waals surface area contributed by atoms with Gasteiger partial charge in [0, 0.05) is 35.8 Å². The maximum atomic E-state index is 4.83. The summed E-state index contributed by atoms with van der Waals surface area (Å²) in [6.45, 7) is 6.30. The van der Waals surface area contributed by atoms with Gasteiger partial charge < -0.3 is 20.1 Å². The summed E-state index contributed by atoms with van der Waals surface area (Å²) < 4.78 is 4.83. The van der Waals surface area contributed by atoms with Crippen molar-refractivity contribution < 1.29 is 4.52 Å². The van der Waals surface area contributed by atoms with Crippen LogP contribution in [0.15, 0.2) is 46.1 Å². The molecule has 0 bridgehead atoms. The number of rotatable bonds is 6. The van der Waals surface area contributed by atoms with Crippen molar-refractivity contribution in [2.24, 2.45) is 4.99 Å². The highest BCUT2D eigenvalue weighted by Gasteiger charge is 2.08. The summed E-state index contributed by atoms with van der Waals surface area (Å²) in [6.07, 6.45) is 2.50. The van der Waals surface area contributed by atoms with E-state index in [0.717, 1.165) is 31.2 Å². The molecule has 0 saturated heterocycles.